The van der Waals surface area contributed by atoms with E-state index < -0.39 is 6.10 Å². The molecule has 1 rings (SSSR count). The van der Waals surface area contributed by atoms with Crippen molar-refractivity contribution in [1.82, 2.24) is 4.90 Å². The third-order valence-electron chi connectivity index (χ3n) is 2.70. The first kappa shape index (κ1) is 15.8. The van der Waals surface area contributed by atoms with Gasteiger partial charge in [0.05, 0.1) is 6.61 Å². The fraction of sp³-hybridized carbons (Fsp3) is 0.500. The van der Waals surface area contributed by atoms with E-state index in [0.717, 1.165) is 0 Å². The summed E-state index contributed by atoms with van der Waals surface area (Å²) in [5, 5.41) is 9.55. The fourth-order valence-electron chi connectivity index (χ4n) is 1.76. The Labute approximate surface area is 118 Å². The van der Waals surface area contributed by atoms with E-state index in [0.29, 0.717) is 17.3 Å². The average molecular weight is 286 g/mol. The summed E-state index contributed by atoms with van der Waals surface area (Å²) in [6.45, 7) is 5.74. The van der Waals surface area contributed by atoms with E-state index in [9.17, 15) is 4.79 Å². The maximum absolute atomic E-state index is 12.2. The van der Waals surface area contributed by atoms with E-state index in [1.54, 1.807) is 36.1 Å². The van der Waals surface area contributed by atoms with E-state index >= 15 is 0 Å². The summed E-state index contributed by atoms with van der Waals surface area (Å²) in [4.78, 5) is 13.8. The Morgan fingerprint density at radius 3 is 2.63 bits per heavy atom. The molecule has 1 unspecified atom stereocenters. The number of hydrogen-bond donors (Lipinski definition) is 1. The van der Waals surface area contributed by atoms with Crippen LogP contribution in [0.3, 0.4) is 0 Å². The summed E-state index contributed by atoms with van der Waals surface area (Å²) < 4.78 is 5.58. The van der Waals surface area contributed by atoms with Crippen LogP contribution < -0.4 is 4.74 Å². The number of carbonyl (C=O) groups excluding carboxylic acids is 1. The van der Waals surface area contributed by atoms with Gasteiger partial charge in [-0.1, -0.05) is 17.7 Å². The Morgan fingerprint density at radius 2 is 2.11 bits per heavy atom. The molecule has 0 saturated heterocycles. The molecule has 0 spiro atoms. The number of hydrogen-bond acceptors (Lipinski definition) is 3. The molecule has 1 amide bonds. The Bertz CT molecular complexity index is 423. The van der Waals surface area contributed by atoms with Crippen molar-refractivity contribution in [2.75, 3.05) is 13.2 Å². The molecule has 0 radical (unpaired) electrons. The fourth-order valence-corrected chi connectivity index (χ4v) is 1.94. The van der Waals surface area contributed by atoms with Crippen molar-refractivity contribution < 1.29 is 14.6 Å². The predicted molar refractivity (Wildman–Crippen MR) is 75.5 cm³/mol. The van der Waals surface area contributed by atoms with Gasteiger partial charge in [0.2, 0.25) is 0 Å². The summed E-state index contributed by atoms with van der Waals surface area (Å²) in [7, 11) is 0. The maximum Gasteiger partial charge on any atom is 0.263 e. The van der Waals surface area contributed by atoms with Crippen molar-refractivity contribution in [3.8, 4) is 5.75 Å². The van der Waals surface area contributed by atoms with Crippen LogP contribution in [-0.2, 0) is 4.79 Å². The quantitative estimate of drug-likeness (QED) is 0.873. The Morgan fingerprint density at radius 1 is 1.42 bits per heavy atom. The van der Waals surface area contributed by atoms with E-state index in [1.807, 2.05) is 13.8 Å². The van der Waals surface area contributed by atoms with Gasteiger partial charge in [-0.25, -0.2) is 0 Å². The van der Waals surface area contributed by atoms with E-state index in [2.05, 4.69) is 0 Å². The van der Waals surface area contributed by atoms with E-state index in [-0.39, 0.29) is 18.6 Å². The van der Waals surface area contributed by atoms with Gasteiger partial charge in [0.25, 0.3) is 5.91 Å². The van der Waals surface area contributed by atoms with Gasteiger partial charge < -0.3 is 14.7 Å². The van der Waals surface area contributed by atoms with Crippen molar-refractivity contribution in [2.45, 2.75) is 32.9 Å². The van der Waals surface area contributed by atoms with Gasteiger partial charge in [0, 0.05) is 17.6 Å². The molecular formula is C14H20ClNO3. The molecule has 0 bridgehead atoms. The van der Waals surface area contributed by atoms with Gasteiger partial charge >= 0.3 is 0 Å². The Balaban J connectivity index is 2.70. The monoisotopic (exact) mass is 285 g/mol. The molecule has 0 fully saturated rings. The van der Waals surface area contributed by atoms with Crippen LogP contribution in [0.15, 0.2) is 24.3 Å². The average Bonchev–Trinajstić information content (AvgIpc) is 2.34. The lowest BCUT2D eigenvalue weighted by Gasteiger charge is -2.28. The number of halogens is 1. The SMILES string of the molecule is CC(Oc1cccc(Cl)c1)C(=O)N(CCO)C(C)C. The zero-order valence-corrected chi connectivity index (χ0v) is 12.2. The third kappa shape index (κ3) is 4.73. The number of aliphatic hydroxyl groups excluding tert-OH is 1. The van der Waals surface area contributed by atoms with Crippen molar-refractivity contribution in [3.63, 3.8) is 0 Å². The molecule has 0 aliphatic rings. The molecular weight excluding hydrogens is 266 g/mol. The summed E-state index contributed by atoms with van der Waals surface area (Å²) in [5.41, 5.74) is 0. The van der Waals surface area contributed by atoms with Gasteiger partial charge in [-0.15, -0.1) is 0 Å². The second-order valence-corrected chi connectivity index (χ2v) is 5.00. The molecule has 0 aliphatic heterocycles. The van der Waals surface area contributed by atoms with Crippen LogP contribution >= 0.6 is 11.6 Å². The predicted octanol–water partition coefficient (Wildman–Crippen LogP) is 2.34. The van der Waals surface area contributed by atoms with Crippen molar-refractivity contribution in [1.29, 1.82) is 0 Å². The normalized spacial score (nSPS) is 12.3. The van der Waals surface area contributed by atoms with Crippen molar-refractivity contribution in [3.05, 3.63) is 29.3 Å². The topological polar surface area (TPSA) is 49.8 Å². The number of benzene rings is 1. The lowest BCUT2D eigenvalue weighted by Crippen LogP contribution is -2.45. The first-order valence-corrected chi connectivity index (χ1v) is 6.67. The second-order valence-electron chi connectivity index (χ2n) is 4.57. The van der Waals surface area contributed by atoms with Crippen LogP contribution in [0.1, 0.15) is 20.8 Å². The molecule has 19 heavy (non-hydrogen) atoms. The highest BCUT2D eigenvalue weighted by molar-refractivity contribution is 6.30. The molecule has 0 aliphatic carbocycles. The Kier molecular flexibility index (Phi) is 6.12. The van der Waals surface area contributed by atoms with Gasteiger partial charge in [0.15, 0.2) is 6.10 Å². The van der Waals surface area contributed by atoms with Crippen LogP contribution in [0.25, 0.3) is 0 Å². The lowest BCUT2D eigenvalue weighted by atomic mass is 10.2. The summed E-state index contributed by atoms with van der Waals surface area (Å²) in [5.74, 6) is 0.407. The molecule has 0 aromatic heterocycles. The largest absolute Gasteiger partial charge is 0.481 e. The third-order valence-corrected chi connectivity index (χ3v) is 2.94. The molecule has 1 N–H and O–H groups in total. The minimum Gasteiger partial charge on any atom is -0.481 e. The van der Waals surface area contributed by atoms with Gasteiger partial charge in [-0.05, 0) is 39.0 Å². The summed E-state index contributed by atoms with van der Waals surface area (Å²) in [6, 6.07) is 6.94. The van der Waals surface area contributed by atoms with E-state index in [4.69, 9.17) is 21.4 Å². The summed E-state index contributed by atoms with van der Waals surface area (Å²) in [6.07, 6.45) is -0.618. The molecule has 1 atom stereocenters. The van der Waals surface area contributed by atoms with Crippen LogP contribution in [0, 0.1) is 0 Å². The molecule has 1 aromatic carbocycles. The zero-order valence-electron chi connectivity index (χ0n) is 11.5. The first-order chi connectivity index (χ1) is 8.95. The molecule has 4 nitrogen and oxygen atoms in total. The molecule has 5 heteroatoms. The minimum absolute atomic E-state index is 0.0186. The first-order valence-electron chi connectivity index (χ1n) is 6.29. The number of amides is 1. The molecule has 0 saturated carbocycles. The number of aliphatic hydroxyl groups is 1. The van der Waals surface area contributed by atoms with Crippen molar-refractivity contribution in [2.24, 2.45) is 0 Å². The van der Waals surface area contributed by atoms with Crippen LogP contribution in [-0.4, -0.2) is 41.2 Å². The van der Waals surface area contributed by atoms with Crippen LogP contribution in [0.2, 0.25) is 5.02 Å². The highest BCUT2D eigenvalue weighted by Gasteiger charge is 2.23. The number of nitrogens with zero attached hydrogens (tertiary/aromatic N) is 1. The standard InChI is InChI=1S/C14H20ClNO3/c1-10(2)16(7-8-17)14(18)11(3)19-13-6-4-5-12(15)9-13/h4-6,9-11,17H,7-8H2,1-3H3. The molecule has 1 aromatic rings. The zero-order chi connectivity index (χ0) is 14.4. The highest BCUT2D eigenvalue weighted by Crippen LogP contribution is 2.19. The van der Waals surface area contributed by atoms with Crippen LogP contribution in [0.5, 0.6) is 5.75 Å². The number of ether oxygens (including phenoxy) is 1. The Hall–Kier alpha value is -1.26. The van der Waals surface area contributed by atoms with Gasteiger partial charge in [-0.3, -0.25) is 4.79 Å². The van der Waals surface area contributed by atoms with Gasteiger partial charge in [-0.2, -0.15) is 0 Å². The smallest absolute Gasteiger partial charge is 0.263 e. The van der Waals surface area contributed by atoms with E-state index in [1.165, 1.54) is 0 Å². The molecule has 106 valence electrons. The van der Waals surface area contributed by atoms with Crippen molar-refractivity contribution >= 4 is 17.5 Å². The number of carbonyl (C=O) groups is 1. The lowest BCUT2D eigenvalue weighted by molar-refractivity contribution is -0.140. The number of rotatable bonds is 6. The van der Waals surface area contributed by atoms with Gasteiger partial charge in [0.1, 0.15) is 5.75 Å². The summed E-state index contributed by atoms with van der Waals surface area (Å²) >= 11 is 5.86. The minimum atomic E-state index is -0.618. The highest BCUT2D eigenvalue weighted by atomic mass is 35.5. The van der Waals surface area contributed by atoms with Crippen LogP contribution in [0.4, 0.5) is 0 Å². The maximum atomic E-state index is 12.2. The second kappa shape index (κ2) is 7.36. The molecule has 0 heterocycles.